The van der Waals surface area contributed by atoms with Crippen LogP contribution in [0.3, 0.4) is 0 Å². The molecule has 0 spiro atoms. The maximum absolute atomic E-state index is 12.0. The lowest BCUT2D eigenvalue weighted by atomic mass is 10.1. The Morgan fingerprint density at radius 2 is 1.93 bits per heavy atom. The molecule has 3 rings (SSSR count). The van der Waals surface area contributed by atoms with Gasteiger partial charge < -0.3 is 14.6 Å². The summed E-state index contributed by atoms with van der Waals surface area (Å²) in [5.74, 6) is 1.42. The Kier molecular flexibility index (Phi) is 6.32. The van der Waals surface area contributed by atoms with Gasteiger partial charge in [0.1, 0.15) is 5.75 Å². The first-order valence-corrected chi connectivity index (χ1v) is 8.98. The van der Waals surface area contributed by atoms with E-state index in [1.807, 2.05) is 30.3 Å². The Morgan fingerprint density at radius 3 is 2.63 bits per heavy atom. The number of benzene rings is 2. The summed E-state index contributed by atoms with van der Waals surface area (Å²) in [5.41, 5.74) is 1.72. The fourth-order valence-corrected chi connectivity index (χ4v) is 2.72. The van der Waals surface area contributed by atoms with Gasteiger partial charge in [-0.05, 0) is 48.4 Å². The van der Waals surface area contributed by atoms with Crippen LogP contribution in [-0.4, -0.2) is 23.2 Å². The van der Waals surface area contributed by atoms with E-state index in [0.29, 0.717) is 34.6 Å². The third-order valence-electron chi connectivity index (χ3n) is 3.87. The van der Waals surface area contributed by atoms with Crippen molar-refractivity contribution < 1.29 is 14.1 Å². The van der Waals surface area contributed by atoms with Crippen molar-refractivity contribution in [3.8, 4) is 17.2 Å². The third kappa shape index (κ3) is 5.21. The van der Waals surface area contributed by atoms with Gasteiger partial charge >= 0.3 is 0 Å². The molecule has 6 nitrogen and oxygen atoms in total. The van der Waals surface area contributed by atoms with Crippen LogP contribution in [0.2, 0.25) is 10.0 Å². The Morgan fingerprint density at radius 1 is 1.15 bits per heavy atom. The molecule has 3 aromatic rings. The lowest BCUT2D eigenvalue weighted by Gasteiger charge is -2.04. The second-order valence-corrected chi connectivity index (χ2v) is 6.58. The van der Waals surface area contributed by atoms with Gasteiger partial charge in [-0.1, -0.05) is 34.4 Å². The van der Waals surface area contributed by atoms with Crippen molar-refractivity contribution >= 4 is 29.1 Å². The molecule has 0 aliphatic carbocycles. The van der Waals surface area contributed by atoms with Crippen LogP contribution in [0.4, 0.5) is 0 Å². The van der Waals surface area contributed by atoms with Crippen LogP contribution >= 0.6 is 23.2 Å². The van der Waals surface area contributed by atoms with Gasteiger partial charge in [-0.15, -0.1) is 0 Å². The van der Waals surface area contributed by atoms with E-state index in [1.165, 1.54) is 0 Å². The molecule has 0 saturated heterocycles. The first kappa shape index (κ1) is 19.2. The molecule has 8 heteroatoms. The van der Waals surface area contributed by atoms with Gasteiger partial charge in [-0.25, -0.2) is 0 Å². The number of hydrogen-bond donors (Lipinski definition) is 1. The van der Waals surface area contributed by atoms with Crippen LogP contribution in [0.5, 0.6) is 5.75 Å². The van der Waals surface area contributed by atoms with Gasteiger partial charge in [-0.2, -0.15) is 4.98 Å². The summed E-state index contributed by atoms with van der Waals surface area (Å²) in [5, 5.41) is 7.63. The molecule has 1 aromatic heterocycles. The summed E-state index contributed by atoms with van der Waals surface area (Å²) < 4.78 is 10.3. The molecule has 1 N–H and O–H groups in total. The van der Waals surface area contributed by atoms with E-state index in [9.17, 15) is 4.79 Å². The highest BCUT2D eigenvalue weighted by Crippen LogP contribution is 2.23. The maximum Gasteiger partial charge on any atom is 0.257 e. The highest BCUT2D eigenvalue weighted by molar-refractivity contribution is 6.42. The van der Waals surface area contributed by atoms with Gasteiger partial charge in [-0.3, -0.25) is 4.79 Å². The average molecular weight is 406 g/mol. The number of carbonyl (C=O) groups excluding carboxylic acids is 1. The largest absolute Gasteiger partial charge is 0.497 e. The van der Waals surface area contributed by atoms with Gasteiger partial charge in [0.25, 0.3) is 5.89 Å². The normalized spacial score (nSPS) is 10.6. The molecule has 0 atom stereocenters. The molecule has 0 saturated carbocycles. The summed E-state index contributed by atoms with van der Waals surface area (Å²) in [6, 6.07) is 12.6. The number of rotatable bonds is 7. The molecular formula is C19H17Cl2N3O3. The van der Waals surface area contributed by atoms with E-state index in [4.69, 9.17) is 32.5 Å². The average Bonchev–Trinajstić information content (AvgIpc) is 3.16. The second kappa shape index (κ2) is 8.88. The van der Waals surface area contributed by atoms with Crippen molar-refractivity contribution in [2.75, 3.05) is 7.11 Å². The van der Waals surface area contributed by atoms with Gasteiger partial charge in [0.2, 0.25) is 5.91 Å². The molecule has 0 unspecified atom stereocenters. The second-order valence-electron chi connectivity index (χ2n) is 5.77. The molecule has 0 bridgehead atoms. The third-order valence-corrected chi connectivity index (χ3v) is 4.61. The minimum Gasteiger partial charge on any atom is -0.497 e. The van der Waals surface area contributed by atoms with Crippen LogP contribution in [0, 0.1) is 0 Å². The summed E-state index contributed by atoms with van der Waals surface area (Å²) in [6.45, 7) is 0.194. The van der Waals surface area contributed by atoms with Crippen LogP contribution < -0.4 is 10.1 Å². The van der Waals surface area contributed by atoms with Gasteiger partial charge in [0.15, 0.2) is 5.82 Å². The number of nitrogens with zero attached hydrogens (tertiary/aromatic N) is 2. The van der Waals surface area contributed by atoms with E-state index in [1.54, 1.807) is 19.2 Å². The Labute approximate surface area is 166 Å². The van der Waals surface area contributed by atoms with Crippen molar-refractivity contribution in [2.45, 2.75) is 19.4 Å². The van der Waals surface area contributed by atoms with E-state index in [2.05, 4.69) is 15.5 Å². The molecule has 140 valence electrons. The molecule has 0 fully saturated rings. The van der Waals surface area contributed by atoms with Crippen molar-refractivity contribution in [1.82, 2.24) is 15.5 Å². The number of hydrogen-bond acceptors (Lipinski definition) is 5. The maximum atomic E-state index is 12.0. The molecule has 27 heavy (non-hydrogen) atoms. The highest BCUT2D eigenvalue weighted by atomic mass is 35.5. The zero-order valence-electron chi connectivity index (χ0n) is 14.5. The number of halogens is 2. The lowest BCUT2D eigenvalue weighted by Crippen LogP contribution is -2.23. The summed E-state index contributed by atoms with van der Waals surface area (Å²) >= 11 is 11.9. The minimum absolute atomic E-state index is 0.114. The Hall–Kier alpha value is -2.57. The number of methoxy groups -OCH3 is 1. The summed E-state index contributed by atoms with van der Waals surface area (Å²) in [4.78, 5) is 16.3. The molecule has 1 amide bonds. The van der Waals surface area contributed by atoms with E-state index in [-0.39, 0.29) is 12.5 Å². The van der Waals surface area contributed by atoms with Crippen LogP contribution in [0.15, 0.2) is 47.0 Å². The number of carbonyl (C=O) groups is 1. The number of amides is 1. The topological polar surface area (TPSA) is 77.2 Å². The van der Waals surface area contributed by atoms with E-state index >= 15 is 0 Å². The van der Waals surface area contributed by atoms with Crippen LogP contribution in [0.25, 0.3) is 11.5 Å². The van der Waals surface area contributed by atoms with E-state index < -0.39 is 0 Å². The SMILES string of the molecule is COc1ccc(-c2nc(CNC(=O)CCc3ccc(Cl)c(Cl)c3)no2)cc1. The standard InChI is InChI=1S/C19H17Cl2N3O3/c1-26-14-6-4-13(5-7-14)19-23-17(24-27-19)11-22-18(25)9-3-12-2-8-15(20)16(21)10-12/h2,4-8,10H,3,9,11H2,1H3,(H,22,25). The van der Waals surface area contributed by atoms with Gasteiger partial charge in [0.05, 0.1) is 23.7 Å². The number of aryl methyl sites for hydroxylation is 1. The van der Waals surface area contributed by atoms with Crippen molar-refractivity contribution in [1.29, 1.82) is 0 Å². The van der Waals surface area contributed by atoms with Crippen LogP contribution in [-0.2, 0) is 17.8 Å². The Bertz CT molecular complexity index is 926. The molecule has 0 aliphatic rings. The van der Waals surface area contributed by atoms with Crippen molar-refractivity contribution in [2.24, 2.45) is 0 Å². The molecule has 1 heterocycles. The lowest BCUT2D eigenvalue weighted by molar-refractivity contribution is -0.121. The summed E-state index contributed by atoms with van der Waals surface area (Å²) in [6.07, 6.45) is 0.882. The number of ether oxygens (including phenoxy) is 1. The molecule has 2 aromatic carbocycles. The molecular weight excluding hydrogens is 389 g/mol. The van der Waals surface area contributed by atoms with Crippen molar-refractivity contribution in [3.05, 3.63) is 63.9 Å². The predicted molar refractivity (Wildman–Crippen MR) is 103 cm³/mol. The first-order valence-electron chi connectivity index (χ1n) is 8.23. The molecule has 0 radical (unpaired) electrons. The highest BCUT2D eigenvalue weighted by Gasteiger charge is 2.10. The predicted octanol–water partition coefficient (Wildman–Crippen LogP) is 4.30. The quantitative estimate of drug-likeness (QED) is 0.633. The molecule has 0 aliphatic heterocycles. The zero-order valence-corrected chi connectivity index (χ0v) is 16.0. The minimum atomic E-state index is -0.114. The number of aromatic nitrogens is 2. The summed E-state index contributed by atoms with van der Waals surface area (Å²) in [7, 11) is 1.60. The van der Waals surface area contributed by atoms with Crippen molar-refractivity contribution in [3.63, 3.8) is 0 Å². The fraction of sp³-hybridized carbons (Fsp3) is 0.211. The first-order chi connectivity index (χ1) is 13.0. The Balaban J connectivity index is 1.50. The zero-order chi connectivity index (χ0) is 19.2. The smallest absolute Gasteiger partial charge is 0.257 e. The number of nitrogens with one attached hydrogen (secondary N) is 1. The van der Waals surface area contributed by atoms with Gasteiger partial charge in [0, 0.05) is 12.0 Å². The fourth-order valence-electron chi connectivity index (χ4n) is 2.40. The monoisotopic (exact) mass is 405 g/mol. The van der Waals surface area contributed by atoms with Crippen LogP contribution in [0.1, 0.15) is 17.8 Å². The van der Waals surface area contributed by atoms with E-state index in [0.717, 1.165) is 16.9 Å².